The third-order valence-electron chi connectivity index (χ3n) is 1.87. The number of amides is 2. The molecule has 0 saturated carbocycles. The van der Waals surface area contributed by atoms with Crippen LogP contribution in [0, 0.1) is 12.8 Å². The normalized spacial score (nSPS) is 10.2. The number of hydrogen-bond donors (Lipinski definition) is 2. The lowest BCUT2D eigenvalue weighted by Gasteiger charge is -2.07. The van der Waals surface area contributed by atoms with Crippen LogP contribution in [-0.4, -0.2) is 11.8 Å². The van der Waals surface area contributed by atoms with E-state index in [1.165, 1.54) is 11.3 Å². The summed E-state index contributed by atoms with van der Waals surface area (Å²) >= 11 is 1.40. The summed E-state index contributed by atoms with van der Waals surface area (Å²) < 4.78 is 0. The highest BCUT2D eigenvalue weighted by atomic mass is 32.1. The molecule has 5 heteroatoms. The third kappa shape index (κ3) is 4.02. The third-order valence-corrected chi connectivity index (χ3v) is 2.87. The highest BCUT2D eigenvalue weighted by Gasteiger charge is 2.09. The summed E-state index contributed by atoms with van der Waals surface area (Å²) in [5, 5.41) is 0. The molecule has 0 bridgehead atoms. The van der Waals surface area contributed by atoms with Gasteiger partial charge in [-0.3, -0.25) is 20.4 Å². The standard InChI is InChI=1S/C11H16N2O2S/c1-7(2)6-10(14)12-13-11(15)9-5-4-8(3)16-9/h4-5,7H,6H2,1-3H3,(H,12,14)(H,13,15). The fourth-order valence-corrected chi connectivity index (χ4v) is 1.93. The van der Waals surface area contributed by atoms with E-state index in [1.807, 2.05) is 26.8 Å². The van der Waals surface area contributed by atoms with Crippen LogP contribution in [0.3, 0.4) is 0 Å². The van der Waals surface area contributed by atoms with Crippen LogP contribution in [-0.2, 0) is 4.79 Å². The van der Waals surface area contributed by atoms with E-state index in [0.717, 1.165) is 4.88 Å². The van der Waals surface area contributed by atoms with E-state index in [1.54, 1.807) is 6.07 Å². The van der Waals surface area contributed by atoms with Crippen molar-refractivity contribution in [3.8, 4) is 0 Å². The summed E-state index contributed by atoms with van der Waals surface area (Å²) in [7, 11) is 0. The van der Waals surface area contributed by atoms with Crippen molar-refractivity contribution in [1.82, 2.24) is 10.9 Å². The van der Waals surface area contributed by atoms with Gasteiger partial charge in [0.05, 0.1) is 4.88 Å². The van der Waals surface area contributed by atoms with Crippen molar-refractivity contribution in [2.24, 2.45) is 5.92 Å². The maximum atomic E-state index is 11.5. The molecule has 1 aromatic heterocycles. The van der Waals surface area contributed by atoms with Crippen molar-refractivity contribution in [3.05, 3.63) is 21.9 Å². The lowest BCUT2D eigenvalue weighted by atomic mass is 10.1. The molecule has 88 valence electrons. The summed E-state index contributed by atoms with van der Waals surface area (Å²) in [4.78, 5) is 24.5. The minimum atomic E-state index is -0.268. The van der Waals surface area contributed by atoms with E-state index < -0.39 is 0 Å². The van der Waals surface area contributed by atoms with Crippen molar-refractivity contribution >= 4 is 23.2 Å². The van der Waals surface area contributed by atoms with E-state index in [4.69, 9.17) is 0 Å². The molecule has 0 saturated heterocycles. The predicted octanol–water partition coefficient (Wildman–Crippen LogP) is 1.86. The zero-order chi connectivity index (χ0) is 12.1. The molecule has 0 radical (unpaired) electrons. The molecule has 0 unspecified atom stereocenters. The molecule has 0 fully saturated rings. The van der Waals surface area contributed by atoms with Gasteiger partial charge in [-0.2, -0.15) is 0 Å². The summed E-state index contributed by atoms with van der Waals surface area (Å²) in [5.74, 6) is -0.160. The Morgan fingerprint density at radius 1 is 1.31 bits per heavy atom. The first-order valence-electron chi connectivity index (χ1n) is 5.14. The summed E-state index contributed by atoms with van der Waals surface area (Å²) in [6.45, 7) is 5.83. The Kier molecular flexibility index (Phi) is 4.49. The first-order valence-corrected chi connectivity index (χ1v) is 5.96. The van der Waals surface area contributed by atoms with Gasteiger partial charge in [0.1, 0.15) is 0 Å². The summed E-state index contributed by atoms with van der Waals surface area (Å²) in [6, 6.07) is 3.61. The van der Waals surface area contributed by atoms with Gasteiger partial charge in [0.2, 0.25) is 5.91 Å². The molecule has 0 atom stereocenters. The average Bonchev–Trinajstić information content (AvgIpc) is 2.60. The number of aryl methyl sites for hydroxylation is 1. The van der Waals surface area contributed by atoms with Crippen LogP contribution in [0.2, 0.25) is 0 Å². The van der Waals surface area contributed by atoms with Crippen molar-refractivity contribution in [2.45, 2.75) is 27.2 Å². The lowest BCUT2D eigenvalue weighted by Crippen LogP contribution is -2.41. The van der Waals surface area contributed by atoms with Crippen LogP contribution < -0.4 is 10.9 Å². The highest BCUT2D eigenvalue weighted by Crippen LogP contribution is 2.14. The fourth-order valence-electron chi connectivity index (χ4n) is 1.17. The van der Waals surface area contributed by atoms with Gasteiger partial charge in [-0.05, 0) is 25.0 Å². The van der Waals surface area contributed by atoms with Crippen molar-refractivity contribution in [2.75, 3.05) is 0 Å². The Bertz CT molecular complexity index is 385. The molecule has 0 aliphatic rings. The zero-order valence-corrected chi connectivity index (χ0v) is 10.5. The van der Waals surface area contributed by atoms with Crippen molar-refractivity contribution in [3.63, 3.8) is 0 Å². The van der Waals surface area contributed by atoms with Gasteiger partial charge in [-0.1, -0.05) is 13.8 Å². The zero-order valence-electron chi connectivity index (χ0n) is 9.66. The highest BCUT2D eigenvalue weighted by molar-refractivity contribution is 7.13. The number of rotatable bonds is 3. The second-order valence-corrected chi connectivity index (χ2v) is 5.30. The molecule has 2 N–H and O–H groups in total. The Morgan fingerprint density at radius 2 is 2.00 bits per heavy atom. The number of nitrogens with one attached hydrogen (secondary N) is 2. The predicted molar refractivity (Wildman–Crippen MR) is 64.1 cm³/mol. The molecule has 1 aromatic rings. The van der Waals surface area contributed by atoms with E-state index in [-0.39, 0.29) is 17.7 Å². The second-order valence-electron chi connectivity index (χ2n) is 4.01. The van der Waals surface area contributed by atoms with Gasteiger partial charge >= 0.3 is 0 Å². The first kappa shape index (κ1) is 12.7. The van der Waals surface area contributed by atoms with Gasteiger partial charge in [0.15, 0.2) is 0 Å². The van der Waals surface area contributed by atoms with E-state index >= 15 is 0 Å². The molecule has 0 aromatic carbocycles. The molecular weight excluding hydrogens is 224 g/mol. The topological polar surface area (TPSA) is 58.2 Å². The maximum absolute atomic E-state index is 11.5. The molecule has 0 aliphatic carbocycles. The number of hydrazine groups is 1. The van der Waals surface area contributed by atoms with Crippen molar-refractivity contribution in [1.29, 1.82) is 0 Å². The van der Waals surface area contributed by atoms with E-state index in [9.17, 15) is 9.59 Å². The minimum Gasteiger partial charge on any atom is -0.273 e. The Morgan fingerprint density at radius 3 is 2.50 bits per heavy atom. The summed E-state index contributed by atoms with van der Waals surface area (Å²) in [6.07, 6.45) is 0.406. The van der Waals surface area contributed by atoms with Crippen LogP contribution in [0.15, 0.2) is 12.1 Å². The molecule has 4 nitrogen and oxygen atoms in total. The van der Waals surface area contributed by atoms with Crippen LogP contribution in [0.25, 0.3) is 0 Å². The van der Waals surface area contributed by atoms with Crippen LogP contribution in [0.1, 0.15) is 34.8 Å². The SMILES string of the molecule is Cc1ccc(C(=O)NNC(=O)CC(C)C)s1. The van der Waals surface area contributed by atoms with Crippen LogP contribution >= 0.6 is 11.3 Å². The second kappa shape index (κ2) is 5.65. The van der Waals surface area contributed by atoms with E-state index in [0.29, 0.717) is 11.3 Å². The molecule has 1 heterocycles. The number of hydrogen-bond acceptors (Lipinski definition) is 3. The van der Waals surface area contributed by atoms with Gasteiger partial charge in [0.25, 0.3) is 5.91 Å². The Hall–Kier alpha value is -1.36. The molecular formula is C11H16N2O2S. The summed E-state index contributed by atoms with van der Waals surface area (Å²) in [5.41, 5.74) is 4.78. The largest absolute Gasteiger partial charge is 0.279 e. The molecule has 1 rings (SSSR count). The smallest absolute Gasteiger partial charge is 0.273 e. The van der Waals surface area contributed by atoms with Gasteiger partial charge in [0, 0.05) is 11.3 Å². The molecule has 0 aliphatic heterocycles. The number of thiophene rings is 1. The monoisotopic (exact) mass is 240 g/mol. The Labute approximate surface area is 99.0 Å². The molecule has 16 heavy (non-hydrogen) atoms. The van der Waals surface area contributed by atoms with Gasteiger partial charge in [-0.15, -0.1) is 11.3 Å². The fraction of sp³-hybridized carbons (Fsp3) is 0.455. The number of carbonyl (C=O) groups excluding carboxylic acids is 2. The maximum Gasteiger partial charge on any atom is 0.279 e. The molecule has 0 spiro atoms. The van der Waals surface area contributed by atoms with Crippen LogP contribution in [0.4, 0.5) is 0 Å². The Balaban J connectivity index is 2.38. The van der Waals surface area contributed by atoms with Crippen LogP contribution in [0.5, 0.6) is 0 Å². The lowest BCUT2D eigenvalue weighted by molar-refractivity contribution is -0.122. The molecule has 2 amide bonds. The van der Waals surface area contributed by atoms with Gasteiger partial charge < -0.3 is 0 Å². The number of carbonyl (C=O) groups is 2. The first-order chi connectivity index (χ1) is 7.49. The van der Waals surface area contributed by atoms with Gasteiger partial charge in [-0.25, -0.2) is 0 Å². The average molecular weight is 240 g/mol. The minimum absolute atomic E-state index is 0.170. The van der Waals surface area contributed by atoms with E-state index in [2.05, 4.69) is 10.9 Å². The van der Waals surface area contributed by atoms with Crippen molar-refractivity contribution < 1.29 is 9.59 Å². The quantitative estimate of drug-likeness (QED) is 0.792.